The first-order chi connectivity index (χ1) is 12.2. The standard InChI is InChI=1S/C22H29NO2/c1-4-21(18-10-8-7-9-11-18)22(24)19-12-14-20(15-13-19)25-17-16-23(5-2)6-3/h7-15,21H,4-6,16-17H2,1-3H3. The van der Waals surface area contributed by atoms with Crippen LogP contribution in [0.4, 0.5) is 0 Å². The third kappa shape index (κ3) is 5.43. The molecule has 0 spiro atoms. The van der Waals surface area contributed by atoms with Crippen LogP contribution >= 0.6 is 0 Å². The molecule has 3 nitrogen and oxygen atoms in total. The van der Waals surface area contributed by atoms with E-state index in [9.17, 15) is 4.79 Å². The van der Waals surface area contributed by atoms with Crippen LogP contribution in [0.1, 0.15) is 49.0 Å². The summed E-state index contributed by atoms with van der Waals surface area (Å²) in [6, 6.07) is 17.5. The molecule has 0 amide bonds. The van der Waals surface area contributed by atoms with E-state index in [-0.39, 0.29) is 11.7 Å². The molecular weight excluding hydrogens is 310 g/mol. The predicted molar refractivity (Wildman–Crippen MR) is 104 cm³/mol. The van der Waals surface area contributed by atoms with Gasteiger partial charge in [-0.2, -0.15) is 0 Å². The van der Waals surface area contributed by atoms with Crippen molar-refractivity contribution in [3.8, 4) is 5.75 Å². The Balaban J connectivity index is 1.97. The molecule has 25 heavy (non-hydrogen) atoms. The lowest BCUT2D eigenvalue weighted by molar-refractivity contribution is 0.0957. The lowest BCUT2D eigenvalue weighted by Gasteiger charge is -2.18. The van der Waals surface area contributed by atoms with E-state index < -0.39 is 0 Å². The van der Waals surface area contributed by atoms with Crippen molar-refractivity contribution >= 4 is 5.78 Å². The van der Waals surface area contributed by atoms with Gasteiger partial charge in [-0.05, 0) is 49.3 Å². The minimum absolute atomic E-state index is 0.0874. The minimum atomic E-state index is -0.0874. The Morgan fingerprint density at radius 3 is 2.16 bits per heavy atom. The van der Waals surface area contributed by atoms with E-state index in [4.69, 9.17) is 4.74 Å². The van der Waals surface area contributed by atoms with Gasteiger partial charge in [0.2, 0.25) is 0 Å². The smallest absolute Gasteiger partial charge is 0.170 e. The lowest BCUT2D eigenvalue weighted by atomic mass is 9.89. The monoisotopic (exact) mass is 339 g/mol. The summed E-state index contributed by atoms with van der Waals surface area (Å²) >= 11 is 0. The summed E-state index contributed by atoms with van der Waals surface area (Å²) in [5.74, 6) is 0.899. The summed E-state index contributed by atoms with van der Waals surface area (Å²) in [6.45, 7) is 10.0. The van der Waals surface area contributed by atoms with Crippen molar-refractivity contribution in [2.24, 2.45) is 0 Å². The molecule has 134 valence electrons. The van der Waals surface area contributed by atoms with Gasteiger partial charge in [-0.15, -0.1) is 0 Å². The van der Waals surface area contributed by atoms with Crippen LogP contribution in [0, 0.1) is 0 Å². The third-order valence-corrected chi connectivity index (χ3v) is 4.64. The fourth-order valence-corrected chi connectivity index (χ4v) is 3.01. The highest BCUT2D eigenvalue weighted by Gasteiger charge is 2.19. The van der Waals surface area contributed by atoms with Crippen LogP contribution in [0.5, 0.6) is 5.75 Å². The average molecular weight is 339 g/mol. The Labute approximate surface area is 151 Å². The van der Waals surface area contributed by atoms with Crippen molar-refractivity contribution in [1.29, 1.82) is 0 Å². The number of hydrogen-bond acceptors (Lipinski definition) is 3. The first-order valence-electron chi connectivity index (χ1n) is 9.23. The highest BCUT2D eigenvalue weighted by atomic mass is 16.5. The molecule has 0 aliphatic rings. The van der Waals surface area contributed by atoms with Crippen molar-refractivity contribution in [1.82, 2.24) is 4.90 Å². The molecule has 2 rings (SSSR count). The molecule has 0 fully saturated rings. The molecule has 1 atom stereocenters. The zero-order valence-corrected chi connectivity index (χ0v) is 15.6. The molecule has 0 saturated carbocycles. The Bertz CT molecular complexity index is 633. The molecule has 0 aromatic heterocycles. The predicted octanol–water partition coefficient (Wildman–Crippen LogP) is 4.78. The summed E-state index contributed by atoms with van der Waals surface area (Å²) in [4.78, 5) is 15.1. The Hall–Kier alpha value is -2.13. The summed E-state index contributed by atoms with van der Waals surface area (Å²) < 4.78 is 5.79. The molecule has 0 N–H and O–H groups in total. The van der Waals surface area contributed by atoms with Gasteiger partial charge >= 0.3 is 0 Å². The Morgan fingerprint density at radius 1 is 0.960 bits per heavy atom. The highest BCUT2D eigenvalue weighted by Crippen LogP contribution is 2.25. The molecule has 0 aliphatic heterocycles. The zero-order chi connectivity index (χ0) is 18.1. The second kappa shape index (κ2) is 10.00. The van der Waals surface area contributed by atoms with Gasteiger partial charge < -0.3 is 9.64 Å². The largest absolute Gasteiger partial charge is 0.492 e. The van der Waals surface area contributed by atoms with E-state index >= 15 is 0 Å². The van der Waals surface area contributed by atoms with Crippen LogP contribution in [0.25, 0.3) is 0 Å². The summed E-state index contributed by atoms with van der Waals surface area (Å²) in [6.07, 6.45) is 0.797. The van der Waals surface area contributed by atoms with Crippen LogP contribution in [0.15, 0.2) is 54.6 Å². The van der Waals surface area contributed by atoms with Gasteiger partial charge in [0, 0.05) is 18.0 Å². The van der Waals surface area contributed by atoms with E-state index in [0.29, 0.717) is 6.61 Å². The van der Waals surface area contributed by atoms with E-state index in [1.807, 2.05) is 54.6 Å². The molecule has 2 aromatic rings. The van der Waals surface area contributed by atoms with Gasteiger partial charge in [-0.25, -0.2) is 0 Å². The quantitative estimate of drug-likeness (QED) is 0.583. The number of ether oxygens (including phenoxy) is 1. The van der Waals surface area contributed by atoms with E-state index in [1.165, 1.54) is 0 Å². The maximum Gasteiger partial charge on any atom is 0.170 e. The van der Waals surface area contributed by atoms with Crippen LogP contribution in [0.2, 0.25) is 0 Å². The molecule has 0 bridgehead atoms. The van der Waals surface area contributed by atoms with Gasteiger partial charge in [0.1, 0.15) is 12.4 Å². The maximum absolute atomic E-state index is 12.8. The van der Waals surface area contributed by atoms with Crippen LogP contribution < -0.4 is 4.74 Å². The molecule has 2 aromatic carbocycles. The second-order valence-corrected chi connectivity index (χ2v) is 6.14. The normalized spacial score (nSPS) is 12.2. The summed E-state index contributed by atoms with van der Waals surface area (Å²) in [5.41, 5.74) is 1.82. The average Bonchev–Trinajstić information content (AvgIpc) is 2.67. The second-order valence-electron chi connectivity index (χ2n) is 6.14. The van der Waals surface area contributed by atoms with Crippen LogP contribution in [0.3, 0.4) is 0 Å². The minimum Gasteiger partial charge on any atom is -0.492 e. The number of carbonyl (C=O) groups is 1. The number of ketones is 1. The highest BCUT2D eigenvalue weighted by molar-refractivity contribution is 6.01. The van der Waals surface area contributed by atoms with E-state index in [2.05, 4.69) is 25.7 Å². The molecule has 1 unspecified atom stereocenters. The summed E-state index contributed by atoms with van der Waals surface area (Å²) in [5, 5.41) is 0. The van der Waals surface area contributed by atoms with Gasteiger partial charge in [0.25, 0.3) is 0 Å². The third-order valence-electron chi connectivity index (χ3n) is 4.64. The number of likely N-dealkylation sites (N-methyl/N-ethyl adjacent to an activating group) is 1. The van der Waals surface area contributed by atoms with E-state index in [0.717, 1.165) is 42.9 Å². The number of rotatable bonds is 10. The fourth-order valence-electron chi connectivity index (χ4n) is 3.01. The van der Waals surface area contributed by atoms with Gasteiger partial charge in [-0.1, -0.05) is 51.1 Å². The van der Waals surface area contributed by atoms with Crippen LogP contribution in [-0.2, 0) is 0 Å². The fraction of sp³-hybridized carbons (Fsp3) is 0.409. The molecule has 0 saturated heterocycles. The van der Waals surface area contributed by atoms with Crippen molar-refractivity contribution in [2.75, 3.05) is 26.2 Å². The molecular formula is C22H29NO2. The van der Waals surface area contributed by atoms with Crippen molar-refractivity contribution in [2.45, 2.75) is 33.1 Å². The molecule has 0 heterocycles. The molecule has 0 radical (unpaired) electrons. The van der Waals surface area contributed by atoms with Crippen molar-refractivity contribution in [3.05, 3.63) is 65.7 Å². The van der Waals surface area contributed by atoms with Gasteiger partial charge in [-0.3, -0.25) is 4.79 Å². The molecule has 3 heteroatoms. The lowest BCUT2D eigenvalue weighted by Crippen LogP contribution is -2.27. The van der Waals surface area contributed by atoms with Crippen molar-refractivity contribution < 1.29 is 9.53 Å². The topological polar surface area (TPSA) is 29.5 Å². The Kier molecular flexibility index (Phi) is 7.68. The first-order valence-corrected chi connectivity index (χ1v) is 9.23. The van der Waals surface area contributed by atoms with Gasteiger partial charge in [0.15, 0.2) is 5.78 Å². The number of hydrogen-bond donors (Lipinski definition) is 0. The van der Waals surface area contributed by atoms with Crippen LogP contribution in [-0.4, -0.2) is 36.9 Å². The number of nitrogens with zero attached hydrogens (tertiary/aromatic N) is 1. The van der Waals surface area contributed by atoms with Crippen molar-refractivity contribution in [3.63, 3.8) is 0 Å². The maximum atomic E-state index is 12.8. The van der Waals surface area contributed by atoms with E-state index in [1.54, 1.807) is 0 Å². The number of carbonyl (C=O) groups excluding carboxylic acids is 1. The molecule has 0 aliphatic carbocycles. The Morgan fingerprint density at radius 2 is 1.60 bits per heavy atom. The van der Waals surface area contributed by atoms with Gasteiger partial charge in [0.05, 0.1) is 0 Å². The number of benzene rings is 2. The summed E-state index contributed by atoms with van der Waals surface area (Å²) in [7, 11) is 0. The number of Topliss-reactive ketones (excluding diaryl/α,β-unsaturated/α-hetero) is 1. The first kappa shape index (κ1) is 19.2. The zero-order valence-electron chi connectivity index (χ0n) is 15.6. The SMILES string of the molecule is CCC(C(=O)c1ccc(OCCN(CC)CC)cc1)c1ccccc1.